The van der Waals surface area contributed by atoms with E-state index in [2.05, 4.69) is 57.2 Å². The van der Waals surface area contributed by atoms with E-state index in [9.17, 15) is 0 Å². The van der Waals surface area contributed by atoms with Gasteiger partial charge in [-0.25, -0.2) is 0 Å². The number of allylic oxidation sites excluding steroid dienone is 1. The molecule has 0 N–H and O–H groups in total. The molecule has 0 atom stereocenters. The van der Waals surface area contributed by atoms with Crippen LogP contribution in [0, 0.1) is 0 Å². The maximum Gasteiger partial charge on any atom is 0.191 e. The first kappa shape index (κ1) is 13.4. The number of hydrogen-bond donors (Lipinski definition) is 0. The predicted octanol–water partition coefficient (Wildman–Crippen LogP) is 3.87. The highest BCUT2D eigenvalue weighted by Gasteiger charge is 2.30. The Kier molecular flexibility index (Phi) is 4.21. The minimum absolute atomic E-state index is 0.627. The second-order valence-corrected chi connectivity index (χ2v) is 6.05. The quantitative estimate of drug-likeness (QED) is 0.596. The highest BCUT2D eigenvalue weighted by Crippen LogP contribution is 2.40. The summed E-state index contributed by atoms with van der Waals surface area (Å²) in [6.45, 7) is 2.92. The summed E-state index contributed by atoms with van der Waals surface area (Å²) in [5.74, 6) is 2.74. The van der Waals surface area contributed by atoms with Crippen molar-refractivity contribution in [1.82, 2.24) is 14.8 Å². The summed E-state index contributed by atoms with van der Waals surface area (Å²) in [6, 6.07) is 10.6. The third-order valence-corrected chi connectivity index (χ3v) is 4.34. The smallest absolute Gasteiger partial charge is 0.191 e. The van der Waals surface area contributed by atoms with E-state index >= 15 is 0 Å². The molecule has 0 bridgehead atoms. The molecule has 0 amide bonds. The van der Waals surface area contributed by atoms with Crippen LogP contribution in [0.1, 0.15) is 37.1 Å². The molecule has 1 aliphatic rings. The van der Waals surface area contributed by atoms with Crippen LogP contribution in [0.3, 0.4) is 0 Å². The van der Waals surface area contributed by atoms with Crippen molar-refractivity contribution in [2.45, 2.75) is 37.4 Å². The van der Waals surface area contributed by atoms with Crippen LogP contribution in [0.15, 0.2) is 47.6 Å². The van der Waals surface area contributed by atoms with Crippen molar-refractivity contribution < 1.29 is 0 Å². The summed E-state index contributed by atoms with van der Waals surface area (Å²) in [5.41, 5.74) is 1.31. The fourth-order valence-corrected chi connectivity index (χ4v) is 3.03. The maximum atomic E-state index is 4.42. The Morgan fingerprint density at radius 3 is 2.75 bits per heavy atom. The van der Waals surface area contributed by atoms with Crippen LogP contribution in [0.4, 0.5) is 0 Å². The minimum Gasteiger partial charge on any atom is -0.301 e. The molecule has 20 heavy (non-hydrogen) atoms. The third-order valence-electron chi connectivity index (χ3n) is 3.42. The van der Waals surface area contributed by atoms with Crippen molar-refractivity contribution in [3.8, 4) is 0 Å². The summed E-state index contributed by atoms with van der Waals surface area (Å²) in [4.78, 5) is 0. The van der Waals surface area contributed by atoms with Gasteiger partial charge in [-0.3, -0.25) is 0 Å². The molecule has 0 spiro atoms. The third kappa shape index (κ3) is 3.12. The molecule has 0 radical (unpaired) electrons. The fourth-order valence-electron chi connectivity index (χ4n) is 2.18. The summed E-state index contributed by atoms with van der Waals surface area (Å²) in [5, 5.41) is 9.84. The molecular formula is C16H19N3S. The number of hydrogen-bond acceptors (Lipinski definition) is 3. The van der Waals surface area contributed by atoms with Crippen LogP contribution in [-0.2, 0) is 6.54 Å². The number of nitrogens with zero attached hydrogens (tertiary/aromatic N) is 3. The zero-order chi connectivity index (χ0) is 13.8. The molecule has 3 nitrogen and oxygen atoms in total. The second kappa shape index (κ2) is 6.27. The van der Waals surface area contributed by atoms with Gasteiger partial charge >= 0.3 is 0 Å². The van der Waals surface area contributed by atoms with E-state index in [-0.39, 0.29) is 0 Å². The first-order valence-electron chi connectivity index (χ1n) is 7.09. The van der Waals surface area contributed by atoms with Crippen LogP contribution in [0.2, 0.25) is 0 Å². The normalized spacial score (nSPS) is 15.1. The Morgan fingerprint density at radius 2 is 2.05 bits per heavy atom. The van der Waals surface area contributed by atoms with Crippen molar-refractivity contribution in [3.63, 3.8) is 0 Å². The zero-order valence-electron chi connectivity index (χ0n) is 11.7. The molecule has 1 heterocycles. The standard InChI is InChI=1S/C16H19N3S/c1-2-3-11-20-16-18-17-15(14-9-10-14)19(16)12-13-7-5-4-6-8-13/h2-8,14H,9-12H2,1H3/b3-2+. The lowest BCUT2D eigenvalue weighted by Gasteiger charge is -2.09. The van der Waals surface area contributed by atoms with Crippen molar-refractivity contribution in [1.29, 1.82) is 0 Å². The number of benzene rings is 1. The molecule has 1 aliphatic carbocycles. The van der Waals surface area contributed by atoms with Gasteiger partial charge < -0.3 is 4.57 Å². The zero-order valence-corrected chi connectivity index (χ0v) is 12.5. The van der Waals surface area contributed by atoms with Gasteiger partial charge in [0, 0.05) is 11.7 Å². The predicted molar refractivity (Wildman–Crippen MR) is 83.1 cm³/mol. The van der Waals surface area contributed by atoms with Crippen molar-refractivity contribution >= 4 is 11.8 Å². The van der Waals surface area contributed by atoms with Crippen molar-refractivity contribution in [2.24, 2.45) is 0 Å². The number of rotatable bonds is 6. The maximum absolute atomic E-state index is 4.42. The largest absolute Gasteiger partial charge is 0.301 e. The Morgan fingerprint density at radius 1 is 1.25 bits per heavy atom. The summed E-state index contributed by atoms with van der Waals surface area (Å²) < 4.78 is 2.29. The molecule has 104 valence electrons. The lowest BCUT2D eigenvalue weighted by atomic mass is 10.2. The van der Waals surface area contributed by atoms with Gasteiger partial charge in [0.15, 0.2) is 5.16 Å². The van der Waals surface area contributed by atoms with Gasteiger partial charge in [0.05, 0.1) is 6.54 Å². The molecule has 1 saturated carbocycles. The van der Waals surface area contributed by atoms with Crippen molar-refractivity contribution in [2.75, 3.05) is 5.75 Å². The second-order valence-electron chi connectivity index (χ2n) is 5.07. The monoisotopic (exact) mass is 285 g/mol. The Balaban J connectivity index is 1.83. The highest BCUT2D eigenvalue weighted by molar-refractivity contribution is 7.99. The molecule has 2 aromatic rings. The molecule has 0 aliphatic heterocycles. The van der Waals surface area contributed by atoms with Crippen molar-refractivity contribution in [3.05, 3.63) is 53.9 Å². The van der Waals surface area contributed by atoms with Gasteiger partial charge in [0.2, 0.25) is 0 Å². The molecule has 0 saturated heterocycles. The summed E-state index contributed by atoms with van der Waals surface area (Å²) in [6.07, 6.45) is 6.74. The molecule has 4 heteroatoms. The van der Waals surface area contributed by atoms with E-state index < -0.39 is 0 Å². The van der Waals surface area contributed by atoms with Crippen LogP contribution < -0.4 is 0 Å². The Bertz CT molecular complexity index is 585. The average Bonchev–Trinajstić information content (AvgIpc) is 3.25. The lowest BCUT2D eigenvalue weighted by molar-refractivity contribution is 0.668. The van der Waals surface area contributed by atoms with E-state index in [1.165, 1.54) is 18.4 Å². The summed E-state index contributed by atoms with van der Waals surface area (Å²) in [7, 11) is 0. The first-order chi connectivity index (χ1) is 9.88. The highest BCUT2D eigenvalue weighted by atomic mass is 32.2. The van der Waals surface area contributed by atoms with Gasteiger partial charge in [-0.15, -0.1) is 10.2 Å². The molecule has 3 rings (SSSR count). The lowest BCUT2D eigenvalue weighted by Crippen LogP contribution is -2.06. The van der Waals surface area contributed by atoms with Crippen LogP contribution in [0.25, 0.3) is 0 Å². The molecule has 0 unspecified atom stereocenters. The van der Waals surface area contributed by atoms with Crippen LogP contribution >= 0.6 is 11.8 Å². The van der Waals surface area contributed by atoms with E-state index in [1.807, 2.05) is 6.92 Å². The minimum atomic E-state index is 0.627. The molecular weight excluding hydrogens is 266 g/mol. The summed E-state index contributed by atoms with van der Waals surface area (Å²) >= 11 is 1.76. The van der Waals surface area contributed by atoms with E-state index in [1.54, 1.807) is 11.8 Å². The van der Waals surface area contributed by atoms with Gasteiger partial charge in [0.25, 0.3) is 0 Å². The molecule has 1 aromatic carbocycles. The fraction of sp³-hybridized carbons (Fsp3) is 0.375. The topological polar surface area (TPSA) is 30.7 Å². The van der Waals surface area contributed by atoms with Crippen LogP contribution in [0.5, 0.6) is 0 Å². The van der Waals surface area contributed by atoms with Gasteiger partial charge in [0.1, 0.15) is 5.82 Å². The molecule has 1 aromatic heterocycles. The van der Waals surface area contributed by atoms with E-state index in [4.69, 9.17) is 0 Å². The SMILES string of the molecule is C/C=C/CSc1nnc(C2CC2)n1Cc1ccccc1. The van der Waals surface area contributed by atoms with Gasteiger partial charge in [-0.2, -0.15) is 0 Å². The molecule has 1 fully saturated rings. The van der Waals surface area contributed by atoms with E-state index in [0.717, 1.165) is 23.3 Å². The van der Waals surface area contributed by atoms with Gasteiger partial charge in [-0.1, -0.05) is 54.2 Å². The average molecular weight is 285 g/mol. The Labute approximate surface area is 124 Å². The number of aromatic nitrogens is 3. The Hall–Kier alpha value is -1.55. The van der Waals surface area contributed by atoms with Gasteiger partial charge in [-0.05, 0) is 25.3 Å². The number of thioether (sulfide) groups is 1. The van der Waals surface area contributed by atoms with E-state index in [0.29, 0.717) is 5.92 Å². The van der Waals surface area contributed by atoms with Crippen LogP contribution in [-0.4, -0.2) is 20.5 Å². The first-order valence-corrected chi connectivity index (χ1v) is 8.08.